The molecule has 0 heterocycles. The van der Waals surface area contributed by atoms with Crippen LogP contribution in [0.25, 0.3) is 0 Å². The molecule has 20 heavy (non-hydrogen) atoms. The minimum atomic E-state index is -4.23. The Morgan fingerprint density at radius 2 is 2.00 bits per heavy atom. The summed E-state index contributed by atoms with van der Waals surface area (Å²) in [6.45, 7) is -1.00. The van der Waals surface area contributed by atoms with Gasteiger partial charge in [-0.1, -0.05) is 44.0 Å². The van der Waals surface area contributed by atoms with E-state index in [1.54, 1.807) is 0 Å². The average molecular weight is 418 g/mol. The fraction of sp³-hybridized carbons (Fsp3) is 0.571. The van der Waals surface area contributed by atoms with Crippen molar-refractivity contribution in [2.45, 2.75) is 25.4 Å². The van der Waals surface area contributed by atoms with Crippen LogP contribution in [0.15, 0.2) is 28.7 Å². The van der Waals surface area contributed by atoms with Gasteiger partial charge in [-0.3, -0.25) is 0 Å². The predicted octanol–water partition coefficient (Wildman–Crippen LogP) is 5.36. The first-order valence-electron chi connectivity index (χ1n) is 6.35. The lowest BCUT2D eigenvalue weighted by atomic mass is 9.97. The van der Waals surface area contributed by atoms with Gasteiger partial charge in [0.2, 0.25) is 0 Å². The van der Waals surface area contributed by atoms with Crippen LogP contribution in [0, 0.1) is 5.92 Å². The molecule has 0 aliphatic heterocycles. The fourth-order valence-electron chi connectivity index (χ4n) is 1.89. The summed E-state index contributed by atoms with van der Waals surface area (Å²) in [6, 6.07) is 8.07. The Bertz CT molecular complexity index is 396. The van der Waals surface area contributed by atoms with Crippen LogP contribution in [-0.4, -0.2) is 24.7 Å². The van der Waals surface area contributed by atoms with Crippen LogP contribution in [0.4, 0.5) is 13.2 Å². The SMILES string of the molecule is FC(F)(F)COCCCC(CBr)Cc1cccc(Br)c1. The smallest absolute Gasteiger partial charge is 0.372 e. The molecule has 0 aromatic heterocycles. The van der Waals surface area contributed by atoms with Gasteiger partial charge in [0.15, 0.2) is 0 Å². The standard InChI is InChI=1S/C14H17Br2F3O/c15-9-12(4-2-6-20-10-14(17,18)19)7-11-3-1-5-13(16)8-11/h1,3,5,8,12H,2,4,6-7,9-10H2. The Kier molecular flexibility index (Phi) is 8.14. The first-order chi connectivity index (χ1) is 9.40. The Hall–Kier alpha value is -0.0700. The van der Waals surface area contributed by atoms with Crippen molar-refractivity contribution in [2.75, 3.05) is 18.5 Å². The molecule has 0 saturated carbocycles. The average Bonchev–Trinajstić information content (AvgIpc) is 2.35. The van der Waals surface area contributed by atoms with E-state index in [1.165, 1.54) is 5.56 Å². The lowest BCUT2D eigenvalue weighted by Crippen LogP contribution is -2.17. The molecular weight excluding hydrogens is 401 g/mol. The minimum absolute atomic E-state index is 0.154. The molecule has 0 aliphatic carbocycles. The van der Waals surface area contributed by atoms with Crippen LogP contribution < -0.4 is 0 Å². The molecule has 0 amide bonds. The number of alkyl halides is 4. The Morgan fingerprint density at radius 3 is 2.60 bits per heavy atom. The number of rotatable bonds is 8. The summed E-state index contributed by atoms with van der Waals surface area (Å²) in [5, 5.41) is 0.832. The number of hydrogen-bond acceptors (Lipinski definition) is 1. The molecule has 1 aromatic carbocycles. The molecule has 0 fully saturated rings. The summed E-state index contributed by atoms with van der Waals surface area (Å²) in [6.07, 6.45) is -1.84. The third-order valence-corrected chi connectivity index (χ3v) is 4.21. The summed E-state index contributed by atoms with van der Waals surface area (Å²) >= 11 is 6.89. The molecule has 1 rings (SSSR count). The zero-order valence-electron chi connectivity index (χ0n) is 10.9. The Morgan fingerprint density at radius 1 is 1.25 bits per heavy atom. The van der Waals surface area contributed by atoms with Gasteiger partial charge in [-0.15, -0.1) is 0 Å². The Balaban J connectivity index is 2.26. The largest absolute Gasteiger partial charge is 0.411 e. The van der Waals surface area contributed by atoms with Crippen molar-refractivity contribution in [1.29, 1.82) is 0 Å². The van der Waals surface area contributed by atoms with Crippen LogP contribution in [0.5, 0.6) is 0 Å². The Labute approximate surface area is 134 Å². The molecule has 0 saturated heterocycles. The summed E-state index contributed by atoms with van der Waals surface area (Å²) in [4.78, 5) is 0. The predicted molar refractivity (Wildman–Crippen MR) is 81.2 cm³/mol. The lowest BCUT2D eigenvalue weighted by molar-refractivity contribution is -0.174. The second kappa shape index (κ2) is 9.05. The molecule has 6 heteroatoms. The maximum absolute atomic E-state index is 11.9. The summed E-state index contributed by atoms with van der Waals surface area (Å²) in [5.74, 6) is 0.402. The van der Waals surface area contributed by atoms with Crippen molar-refractivity contribution in [2.24, 2.45) is 5.92 Å². The van der Waals surface area contributed by atoms with E-state index < -0.39 is 12.8 Å². The van der Waals surface area contributed by atoms with Gasteiger partial charge in [-0.05, 0) is 42.9 Å². The van der Waals surface area contributed by atoms with Gasteiger partial charge >= 0.3 is 6.18 Å². The normalized spacial score (nSPS) is 13.4. The van der Waals surface area contributed by atoms with Crippen molar-refractivity contribution in [3.63, 3.8) is 0 Å². The highest BCUT2D eigenvalue weighted by Gasteiger charge is 2.27. The zero-order valence-corrected chi connectivity index (χ0v) is 14.1. The van der Waals surface area contributed by atoms with Gasteiger partial charge in [0.25, 0.3) is 0 Å². The van der Waals surface area contributed by atoms with Crippen LogP contribution in [-0.2, 0) is 11.2 Å². The maximum atomic E-state index is 11.9. The van der Waals surface area contributed by atoms with E-state index in [0.29, 0.717) is 12.3 Å². The van der Waals surface area contributed by atoms with Gasteiger partial charge in [-0.25, -0.2) is 0 Å². The second-order valence-electron chi connectivity index (χ2n) is 4.66. The molecule has 1 atom stereocenters. The number of halogens is 5. The quantitative estimate of drug-likeness (QED) is 0.408. The number of benzene rings is 1. The van der Waals surface area contributed by atoms with Crippen molar-refractivity contribution >= 4 is 31.9 Å². The van der Waals surface area contributed by atoms with Crippen molar-refractivity contribution in [3.8, 4) is 0 Å². The number of ether oxygens (including phenoxy) is 1. The molecule has 0 spiro atoms. The van der Waals surface area contributed by atoms with Gasteiger partial charge in [0.05, 0.1) is 0 Å². The highest BCUT2D eigenvalue weighted by Crippen LogP contribution is 2.20. The third-order valence-electron chi connectivity index (χ3n) is 2.80. The molecule has 1 unspecified atom stereocenters. The molecule has 0 bridgehead atoms. The van der Waals surface area contributed by atoms with Crippen LogP contribution in [0.3, 0.4) is 0 Å². The van der Waals surface area contributed by atoms with Gasteiger partial charge in [-0.2, -0.15) is 13.2 Å². The molecule has 114 valence electrons. The van der Waals surface area contributed by atoms with Crippen molar-refractivity contribution < 1.29 is 17.9 Å². The molecule has 1 aromatic rings. The van der Waals surface area contributed by atoms with E-state index in [9.17, 15) is 13.2 Å². The molecule has 0 N–H and O–H groups in total. The highest BCUT2D eigenvalue weighted by molar-refractivity contribution is 9.10. The lowest BCUT2D eigenvalue weighted by Gasteiger charge is -2.14. The first-order valence-corrected chi connectivity index (χ1v) is 8.27. The summed E-state index contributed by atoms with van der Waals surface area (Å²) in [5.41, 5.74) is 1.22. The minimum Gasteiger partial charge on any atom is -0.372 e. The van der Waals surface area contributed by atoms with Crippen LogP contribution in [0.2, 0.25) is 0 Å². The fourth-order valence-corrected chi connectivity index (χ4v) is 2.89. The van der Waals surface area contributed by atoms with Gasteiger partial charge in [0.1, 0.15) is 6.61 Å². The molecular formula is C14H17Br2F3O. The number of hydrogen-bond donors (Lipinski definition) is 0. The van der Waals surface area contributed by atoms with E-state index in [0.717, 1.165) is 22.6 Å². The van der Waals surface area contributed by atoms with E-state index in [-0.39, 0.29) is 6.61 Å². The van der Waals surface area contributed by atoms with Crippen molar-refractivity contribution in [3.05, 3.63) is 34.3 Å². The van der Waals surface area contributed by atoms with Crippen LogP contribution in [0.1, 0.15) is 18.4 Å². The zero-order chi connectivity index (χ0) is 15.0. The van der Waals surface area contributed by atoms with E-state index in [4.69, 9.17) is 0 Å². The van der Waals surface area contributed by atoms with E-state index in [2.05, 4.69) is 48.7 Å². The molecule has 0 radical (unpaired) electrons. The van der Waals surface area contributed by atoms with Crippen molar-refractivity contribution in [1.82, 2.24) is 0 Å². The first kappa shape index (κ1) is 18.0. The molecule has 0 aliphatic rings. The maximum Gasteiger partial charge on any atom is 0.411 e. The second-order valence-corrected chi connectivity index (χ2v) is 6.23. The highest BCUT2D eigenvalue weighted by atomic mass is 79.9. The van der Waals surface area contributed by atoms with Gasteiger partial charge in [0, 0.05) is 16.4 Å². The topological polar surface area (TPSA) is 9.23 Å². The summed E-state index contributed by atoms with van der Waals surface area (Å²) in [7, 11) is 0. The summed E-state index contributed by atoms with van der Waals surface area (Å²) < 4.78 is 41.3. The van der Waals surface area contributed by atoms with E-state index >= 15 is 0 Å². The molecule has 1 nitrogen and oxygen atoms in total. The van der Waals surface area contributed by atoms with Gasteiger partial charge < -0.3 is 4.74 Å². The van der Waals surface area contributed by atoms with E-state index in [1.807, 2.05) is 12.1 Å². The monoisotopic (exact) mass is 416 g/mol. The van der Waals surface area contributed by atoms with Crippen LogP contribution >= 0.6 is 31.9 Å². The third kappa shape index (κ3) is 8.27.